The lowest BCUT2D eigenvalue weighted by atomic mass is 10.1. The number of anilines is 1. The number of benzene rings is 1. The zero-order chi connectivity index (χ0) is 15.9. The van der Waals surface area contributed by atoms with Crippen LogP contribution in [-0.4, -0.2) is 51.5 Å². The van der Waals surface area contributed by atoms with Crippen LogP contribution in [0.2, 0.25) is 0 Å². The summed E-state index contributed by atoms with van der Waals surface area (Å²) in [6, 6.07) is 6.00. The van der Waals surface area contributed by atoms with E-state index < -0.39 is 0 Å². The summed E-state index contributed by atoms with van der Waals surface area (Å²) in [5, 5.41) is 8.14. The molecule has 24 heavy (non-hydrogen) atoms. The molecule has 0 spiro atoms. The van der Waals surface area contributed by atoms with Gasteiger partial charge < -0.3 is 9.64 Å². The van der Waals surface area contributed by atoms with Gasteiger partial charge in [0.2, 0.25) is 0 Å². The van der Waals surface area contributed by atoms with E-state index >= 15 is 0 Å². The number of ether oxygens (including phenoxy) is 1. The van der Waals surface area contributed by atoms with Gasteiger partial charge in [-0.3, -0.25) is 5.10 Å². The Balaban J connectivity index is 1.73. The quantitative estimate of drug-likeness (QED) is 0.605. The number of thiazole rings is 1. The molecule has 1 N–H and O–H groups in total. The maximum absolute atomic E-state index is 5.47. The molecule has 8 heteroatoms. The molecule has 0 aliphatic carbocycles. The van der Waals surface area contributed by atoms with Crippen LogP contribution in [0, 0.1) is 0 Å². The fourth-order valence-corrected chi connectivity index (χ4v) is 3.76. The molecule has 3 aromatic heterocycles. The number of hydrogen-bond donors (Lipinski definition) is 1. The molecule has 1 aliphatic heterocycles. The topological polar surface area (TPSA) is 79.8 Å². The lowest BCUT2D eigenvalue weighted by Gasteiger charge is -2.28. The molecule has 120 valence electrons. The minimum atomic E-state index is 0.682. The monoisotopic (exact) mass is 338 g/mol. The normalized spacial score (nSPS) is 15.4. The highest BCUT2D eigenvalue weighted by molar-refractivity contribution is 7.17. The van der Waals surface area contributed by atoms with Crippen molar-refractivity contribution >= 4 is 38.4 Å². The molecule has 0 atom stereocenters. The summed E-state index contributed by atoms with van der Waals surface area (Å²) in [6.45, 7) is 3.10. The van der Waals surface area contributed by atoms with Crippen molar-refractivity contribution in [1.82, 2.24) is 25.1 Å². The summed E-state index contributed by atoms with van der Waals surface area (Å²) in [5.41, 5.74) is 4.51. The molecule has 4 aromatic rings. The van der Waals surface area contributed by atoms with Gasteiger partial charge in [-0.15, -0.1) is 11.3 Å². The van der Waals surface area contributed by atoms with Crippen molar-refractivity contribution in [2.45, 2.75) is 0 Å². The summed E-state index contributed by atoms with van der Waals surface area (Å²) >= 11 is 1.58. The lowest BCUT2D eigenvalue weighted by molar-refractivity contribution is 0.122. The van der Waals surface area contributed by atoms with Crippen LogP contribution in [0.25, 0.3) is 32.6 Å². The zero-order valence-corrected chi connectivity index (χ0v) is 13.6. The van der Waals surface area contributed by atoms with E-state index in [1.54, 1.807) is 11.3 Å². The van der Waals surface area contributed by atoms with Crippen LogP contribution in [0.5, 0.6) is 0 Å². The van der Waals surface area contributed by atoms with Crippen molar-refractivity contribution in [2.75, 3.05) is 31.2 Å². The molecule has 1 aromatic carbocycles. The molecule has 1 saturated heterocycles. The molecule has 1 fully saturated rings. The number of aromatic amines is 1. The van der Waals surface area contributed by atoms with Gasteiger partial charge in [0.1, 0.15) is 4.70 Å². The number of fused-ring (bicyclic) bond motifs is 2. The first-order valence-corrected chi connectivity index (χ1v) is 8.64. The molecular formula is C16H14N6OS. The van der Waals surface area contributed by atoms with Gasteiger partial charge in [-0.1, -0.05) is 12.1 Å². The average Bonchev–Trinajstić information content (AvgIpc) is 3.30. The van der Waals surface area contributed by atoms with Crippen LogP contribution in [0.3, 0.4) is 0 Å². The van der Waals surface area contributed by atoms with Crippen LogP contribution in [0.15, 0.2) is 29.9 Å². The fourth-order valence-electron chi connectivity index (χ4n) is 3.02. The Labute approximate surface area is 141 Å². The summed E-state index contributed by atoms with van der Waals surface area (Å²) in [6.07, 6.45) is 1.81. The summed E-state index contributed by atoms with van der Waals surface area (Å²) < 4.78 is 6.49. The maximum Gasteiger partial charge on any atom is 0.176 e. The average molecular weight is 338 g/mol. The van der Waals surface area contributed by atoms with Crippen molar-refractivity contribution in [1.29, 1.82) is 0 Å². The van der Waals surface area contributed by atoms with Crippen molar-refractivity contribution in [3.8, 4) is 11.4 Å². The number of hydrogen-bond acceptors (Lipinski definition) is 7. The van der Waals surface area contributed by atoms with Crippen LogP contribution in [0.1, 0.15) is 0 Å². The first-order valence-electron chi connectivity index (χ1n) is 7.76. The minimum absolute atomic E-state index is 0.682. The van der Waals surface area contributed by atoms with Gasteiger partial charge in [-0.05, 0) is 6.07 Å². The Morgan fingerprint density at radius 3 is 3.00 bits per heavy atom. The van der Waals surface area contributed by atoms with E-state index in [9.17, 15) is 0 Å². The molecule has 0 radical (unpaired) electrons. The highest BCUT2D eigenvalue weighted by Gasteiger charge is 2.20. The van der Waals surface area contributed by atoms with Gasteiger partial charge in [-0.2, -0.15) is 5.10 Å². The number of aromatic nitrogens is 5. The highest BCUT2D eigenvalue weighted by atomic mass is 32.1. The summed E-state index contributed by atoms with van der Waals surface area (Å²) in [7, 11) is 0. The van der Waals surface area contributed by atoms with Crippen LogP contribution >= 0.6 is 11.3 Å². The largest absolute Gasteiger partial charge is 0.378 e. The third kappa shape index (κ3) is 2.15. The van der Waals surface area contributed by atoms with E-state index in [-0.39, 0.29) is 0 Å². The number of nitrogens with one attached hydrogen (secondary N) is 1. The van der Waals surface area contributed by atoms with Crippen LogP contribution in [-0.2, 0) is 4.74 Å². The molecule has 1 aliphatic rings. The molecule has 4 heterocycles. The third-order valence-corrected chi connectivity index (χ3v) is 5.02. The standard InChI is InChI=1S/C16H14N6OS/c1-2-10(11-8-18-21-12(11)3-1)14-19-15-13(24-9-17-15)16(20-14)22-4-6-23-7-5-22/h1-3,8-9H,4-7H2,(H,18,21). The van der Waals surface area contributed by atoms with Crippen molar-refractivity contribution in [2.24, 2.45) is 0 Å². The molecule has 0 unspecified atom stereocenters. The molecular weight excluding hydrogens is 324 g/mol. The number of morpholine rings is 1. The van der Waals surface area contributed by atoms with Gasteiger partial charge in [0.05, 0.1) is 30.4 Å². The first-order chi connectivity index (χ1) is 11.9. The zero-order valence-electron chi connectivity index (χ0n) is 12.8. The number of rotatable bonds is 2. The SMILES string of the molecule is c1cc(-c2nc(N3CCOCC3)c3scnc3n2)c2cn[nH]c2c1. The molecule has 5 rings (SSSR count). The van der Waals surface area contributed by atoms with E-state index in [0.717, 1.165) is 58.9 Å². The van der Waals surface area contributed by atoms with Gasteiger partial charge in [0.25, 0.3) is 0 Å². The third-order valence-electron chi connectivity index (χ3n) is 4.21. The minimum Gasteiger partial charge on any atom is -0.378 e. The van der Waals surface area contributed by atoms with Crippen LogP contribution < -0.4 is 4.90 Å². The van der Waals surface area contributed by atoms with E-state index in [2.05, 4.69) is 25.1 Å². The second-order valence-electron chi connectivity index (χ2n) is 5.61. The second kappa shape index (κ2) is 5.50. The van der Waals surface area contributed by atoms with E-state index in [1.807, 2.05) is 29.9 Å². The van der Waals surface area contributed by atoms with E-state index in [1.165, 1.54) is 0 Å². The van der Waals surface area contributed by atoms with E-state index in [4.69, 9.17) is 9.72 Å². The van der Waals surface area contributed by atoms with Gasteiger partial charge in [0, 0.05) is 24.0 Å². The van der Waals surface area contributed by atoms with Gasteiger partial charge in [-0.25, -0.2) is 15.0 Å². The molecule has 0 amide bonds. The molecule has 7 nitrogen and oxygen atoms in total. The van der Waals surface area contributed by atoms with Crippen LogP contribution in [0.4, 0.5) is 5.82 Å². The molecule has 0 saturated carbocycles. The van der Waals surface area contributed by atoms with Crippen molar-refractivity contribution < 1.29 is 4.74 Å². The second-order valence-corrected chi connectivity index (χ2v) is 6.47. The summed E-state index contributed by atoms with van der Waals surface area (Å²) in [4.78, 5) is 16.2. The Kier molecular flexibility index (Phi) is 3.17. The van der Waals surface area contributed by atoms with Crippen molar-refractivity contribution in [3.05, 3.63) is 29.9 Å². The highest BCUT2D eigenvalue weighted by Crippen LogP contribution is 2.32. The number of H-pyrrole nitrogens is 1. The Morgan fingerprint density at radius 1 is 1.17 bits per heavy atom. The first kappa shape index (κ1) is 13.8. The smallest absolute Gasteiger partial charge is 0.176 e. The summed E-state index contributed by atoms with van der Waals surface area (Å²) in [5.74, 6) is 1.63. The van der Waals surface area contributed by atoms with Gasteiger partial charge >= 0.3 is 0 Å². The van der Waals surface area contributed by atoms with Crippen molar-refractivity contribution in [3.63, 3.8) is 0 Å². The Bertz CT molecular complexity index is 1020. The van der Waals surface area contributed by atoms with E-state index in [0.29, 0.717) is 5.82 Å². The lowest BCUT2D eigenvalue weighted by Crippen LogP contribution is -2.36. The fraction of sp³-hybridized carbons (Fsp3) is 0.250. The maximum atomic E-state index is 5.47. The predicted octanol–water partition coefficient (Wildman–Crippen LogP) is 2.47. The van der Waals surface area contributed by atoms with Gasteiger partial charge in [0.15, 0.2) is 17.3 Å². The number of nitrogens with zero attached hydrogens (tertiary/aromatic N) is 5. The molecule has 0 bridgehead atoms. The predicted molar refractivity (Wildman–Crippen MR) is 93.3 cm³/mol. The Morgan fingerprint density at radius 2 is 2.08 bits per heavy atom. The Hall–Kier alpha value is -2.58.